The molecule has 7 heteroatoms. The lowest BCUT2D eigenvalue weighted by Crippen LogP contribution is -2.58. The number of amides is 1. The van der Waals surface area contributed by atoms with Gasteiger partial charge in [-0.2, -0.15) is 0 Å². The fourth-order valence-corrected chi connectivity index (χ4v) is 3.08. The second-order valence-electron chi connectivity index (χ2n) is 5.89. The summed E-state index contributed by atoms with van der Waals surface area (Å²) in [4.78, 5) is 14.5. The standard InChI is InChI=1S/C14H27N3O2.2ClH/c1-12(10-15)13(18)16-11-14(4-8-19-9-5-14)17-6-2-3-7-17;;/h12H,2-11,15H2,1H3,(H,16,18);2*1H. The maximum Gasteiger partial charge on any atom is 0.224 e. The van der Waals surface area contributed by atoms with Gasteiger partial charge in [0.1, 0.15) is 0 Å². The number of nitrogens with two attached hydrogens (primary N) is 1. The summed E-state index contributed by atoms with van der Waals surface area (Å²) in [5.74, 6) is -0.0250. The zero-order valence-electron chi connectivity index (χ0n) is 12.8. The Morgan fingerprint density at radius 1 is 1.29 bits per heavy atom. The van der Waals surface area contributed by atoms with Gasteiger partial charge < -0.3 is 15.8 Å². The molecule has 2 rings (SSSR count). The van der Waals surface area contributed by atoms with Crippen molar-refractivity contribution in [3.8, 4) is 0 Å². The Morgan fingerprint density at radius 3 is 2.38 bits per heavy atom. The van der Waals surface area contributed by atoms with Gasteiger partial charge in [0.05, 0.1) is 0 Å². The number of nitrogens with one attached hydrogen (secondary N) is 1. The lowest BCUT2D eigenvalue weighted by molar-refractivity contribution is -0.125. The van der Waals surface area contributed by atoms with Crippen molar-refractivity contribution in [1.82, 2.24) is 10.2 Å². The van der Waals surface area contributed by atoms with E-state index in [0.717, 1.165) is 45.7 Å². The summed E-state index contributed by atoms with van der Waals surface area (Å²) >= 11 is 0. The van der Waals surface area contributed by atoms with Crippen LogP contribution in [0.4, 0.5) is 0 Å². The molecule has 2 heterocycles. The number of carbonyl (C=O) groups is 1. The van der Waals surface area contributed by atoms with Gasteiger partial charge >= 0.3 is 0 Å². The van der Waals surface area contributed by atoms with Crippen LogP contribution in [0, 0.1) is 5.92 Å². The molecule has 0 aliphatic carbocycles. The molecule has 2 aliphatic heterocycles. The monoisotopic (exact) mass is 341 g/mol. The first-order valence-electron chi connectivity index (χ1n) is 7.48. The summed E-state index contributed by atoms with van der Waals surface area (Å²) in [7, 11) is 0. The fourth-order valence-electron chi connectivity index (χ4n) is 3.08. The number of hydrogen-bond donors (Lipinski definition) is 2. The molecule has 0 spiro atoms. The normalized spacial score (nSPS) is 22.8. The van der Waals surface area contributed by atoms with E-state index in [1.54, 1.807) is 0 Å². The molecule has 21 heavy (non-hydrogen) atoms. The SMILES string of the molecule is CC(CN)C(=O)NCC1(N2CCCC2)CCOCC1.Cl.Cl. The van der Waals surface area contributed by atoms with Crippen molar-refractivity contribution < 1.29 is 9.53 Å². The summed E-state index contributed by atoms with van der Waals surface area (Å²) in [6.07, 6.45) is 4.58. The average molecular weight is 342 g/mol. The van der Waals surface area contributed by atoms with Crippen LogP contribution in [0.15, 0.2) is 0 Å². The molecule has 1 amide bonds. The Balaban J connectivity index is 0.00000200. The van der Waals surface area contributed by atoms with Crippen molar-refractivity contribution in [3.63, 3.8) is 0 Å². The Hall–Kier alpha value is -0.0700. The van der Waals surface area contributed by atoms with Gasteiger partial charge in [-0.25, -0.2) is 0 Å². The Labute approximate surface area is 140 Å². The Bertz CT molecular complexity index is 307. The predicted molar refractivity (Wildman–Crippen MR) is 89.3 cm³/mol. The van der Waals surface area contributed by atoms with E-state index in [1.807, 2.05) is 6.92 Å². The molecule has 2 aliphatic rings. The van der Waals surface area contributed by atoms with Gasteiger partial charge in [0.25, 0.3) is 0 Å². The van der Waals surface area contributed by atoms with Gasteiger partial charge in [0, 0.05) is 37.8 Å². The van der Waals surface area contributed by atoms with Crippen molar-refractivity contribution in [2.24, 2.45) is 11.7 Å². The van der Waals surface area contributed by atoms with Gasteiger partial charge in [-0.15, -0.1) is 24.8 Å². The van der Waals surface area contributed by atoms with E-state index in [4.69, 9.17) is 10.5 Å². The van der Waals surface area contributed by atoms with Crippen molar-refractivity contribution in [1.29, 1.82) is 0 Å². The summed E-state index contributed by atoms with van der Waals surface area (Å²) in [5.41, 5.74) is 5.66. The number of nitrogens with zero attached hydrogens (tertiary/aromatic N) is 1. The van der Waals surface area contributed by atoms with E-state index < -0.39 is 0 Å². The van der Waals surface area contributed by atoms with Crippen LogP contribution in [0.25, 0.3) is 0 Å². The number of rotatable bonds is 5. The smallest absolute Gasteiger partial charge is 0.224 e. The maximum atomic E-state index is 11.9. The molecule has 0 aromatic carbocycles. The molecular weight excluding hydrogens is 313 g/mol. The second-order valence-corrected chi connectivity index (χ2v) is 5.89. The van der Waals surface area contributed by atoms with Crippen molar-refractivity contribution in [2.75, 3.05) is 39.4 Å². The lowest BCUT2D eigenvalue weighted by atomic mass is 9.88. The molecule has 0 bridgehead atoms. The lowest BCUT2D eigenvalue weighted by Gasteiger charge is -2.44. The molecule has 3 N–H and O–H groups in total. The zero-order chi connectivity index (χ0) is 13.7. The van der Waals surface area contributed by atoms with Gasteiger partial charge in [-0.3, -0.25) is 9.69 Å². The Kier molecular flexibility index (Phi) is 9.81. The third-order valence-electron chi connectivity index (χ3n) is 4.59. The second kappa shape index (κ2) is 9.85. The first-order valence-corrected chi connectivity index (χ1v) is 7.48. The van der Waals surface area contributed by atoms with E-state index in [1.165, 1.54) is 12.8 Å². The predicted octanol–water partition coefficient (Wildman–Crippen LogP) is 1.19. The fraction of sp³-hybridized carbons (Fsp3) is 0.929. The molecule has 0 aromatic heterocycles. The molecule has 1 unspecified atom stereocenters. The molecule has 5 nitrogen and oxygen atoms in total. The number of halogens is 2. The van der Waals surface area contributed by atoms with Crippen LogP contribution >= 0.6 is 24.8 Å². The largest absolute Gasteiger partial charge is 0.381 e. The highest BCUT2D eigenvalue weighted by Gasteiger charge is 2.39. The summed E-state index contributed by atoms with van der Waals surface area (Å²) in [5, 5.41) is 3.10. The van der Waals surface area contributed by atoms with E-state index >= 15 is 0 Å². The molecule has 2 saturated heterocycles. The minimum absolute atomic E-state index is 0. The first-order chi connectivity index (χ1) is 9.18. The van der Waals surface area contributed by atoms with Crippen LogP contribution in [0.5, 0.6) is 0 Å². The number of likely N-dealkylation sites (tertiary alicyclic amines) is 1. The van der Waals surface area contributed by atoms with Crippen LogP contribution in [0.3, 0.4) is 0 Å². The topological polar surface area (TPSA) is 67.6 Å². The molecule has 0 aromatic rings. The molecule has 126 valence electrons. The molecule has 2 fully saturated rings. The van der Waals surface area contributed by atoms with E-state index in [-0.39, 0.29) is 42.2 Å². The van der Waals surface area contributed by atoms with Crippen LogP contribution in [-0.4, -0.2) is 55.7 Å². The van der Waals surface area contributed by atoms with Crippen molar-refractivity contribution in [3.05, 3.63) is 0 Å². The molecule has 0 radical (unpaired) electrons. The van der Waals surface area contributed by atoms with Crippen LogP contribution in [-0.2, 0) is 9.53 Å². The third kappa shape index (κ3) is 5.25. The van der Waals surface area contributed by atoms with Gasteiger partial charge in [-0.1, -0.05) is 6.92 Å². The van der Waals surface area contributed by atoms with Crippen LogP contribution in [0.2, 0.25) is 0 Å². The summed E-state index contributed by atoms with van der Waals surface area (Å²) in [6.45, 7) is 6.94. The highest BCUT2D eigenvalue weighted by atomic mass is 35.5. The number of ether oxygens (including phenoxy) is 1. The molecular formula is C14H29Cl2N3O2. The van der Waals surface area contributed by atoms with Gasteiger partial charge in [0.2, 0.25) is 5.91 Å². The van der Waals surface area contributed by atoms with Crippen LogP contribution < -0.4 is 11.1 Å². The minimum atomic E-state index is -0.101. The molecule has 0 saturated carbocycles. The maximum absolute atomic E-state index is 11.9. The van der Waals surface area contributed by atoms with Crippen molar-refractivity contribution in [2.45, 2.75) is 38.1 Å². The highest BCUT2D eigenvalue weighted by molar-refractivity contribution is 5.85. The van der Waals surface area contributed by atoms with Gasteiger partial charge in [0.15, 0.2) is 0 Å². The average Bonchev–Trinajstić information content (AvgIpc) is 2.99. The quantitative estimate of drug-likeness (QED) is 0.788. The third-order valence-corrected chi connectivity index (χ3v) is 4.59. The van der Waals surface area contributed by atoms with Gasteiger partial charge in [-0.05, 0) is 38.8 Å². The first kappa shape index (κ1) is 20.9. The van der Waals surface area contributed by atoms with Crippen molar-refractivity contribution >= 4 is 30.7 Å². The number of hydrogen-bond acceptors (Lipinski definition) is 4. The highest BCUT2D eigenvalue weighted by Crippen LogP contribution is 2.30. The van der Waals surface area contributed by atoms with Crippen LogP contribution in [0.1, 0.15) is 32.6 Å². The number of carbonyl (C=O) groups excluding carboxylic acids is 1. The summed E-state index contributed by atoms with van der Waals surface area (Å²) in [6, 6.07) is 0. The molecule has 1 atom stereocenters. The van der Waals surface area contributed by atoms with E-state index in [9.17, 15) is 4.79 Å². The van der Waals surface area contributed by atoms with E-state index in [2.05, 4.69) is 10.2 Å². The summed E-state index contributed by atoms with van der Waals surface area (Å²) < 4.78 is 5.50. The minimum Gasteiger partial charge on any atom is -0.381 e. The zero-order valence-corrected chi connectivity index (χ0v) is 14.4. The Morgan fingerprint density at radius 2 is 1.86 bits per heavy atom. The van der Waals surface area contributed by atoms with E-state index in [0.29, 0.717) is 6.54 Å².